The Morgan fingerprint density at radius 3 is 2.72 bits per heavy atom. The minimum absolute atomic E-state index is 0.270. The molecule has 1 amide bonds. The number of carbonyl (C=O) groups is 1. The summed E-state index contributed by atoms with van der Waals surface area (Å²) >= 11 is 0. The number of fused-ring (bicyclic) bond motifs is 1. The Bertz CT molecular complexity index is 1120. The van der Waals surface area contributed by atoms with Gasteiger partial charge in [-0.3, -0.25) is 4.79 Å². The number of hydrogen-bond acceptors (Lipinski definition) is 7. The van der Waals surface area contributed by atoms with Gasteiger partial charge in [0.15, 0.2) is 0 Å². The van der Waals surface area contributed by atoms with E-state index in [2.05, 4.69) is 33.1 Å². The van der Waals surface area contributed by atoms with Gasteiger partial charge in [-0.05, 0) is 53.6 Å². The molecular formula is C23H26N6O3. The van der Waals surface area contributed by atoms with E-state index in [4.69, 9.17) is 9.47 Å². The van der Waals surface area contributed by atoms with E-state index in [9.17, 15) is 4.79 Å². The minimum atomic E-state index is -0.499. The molecule has 0 saturated carbocycles. The fraction of sp³-hybridized carbons (Fsp3) is 0.304. The fourth-order valence-corrected chi connectivity index (χ4v) is 3.63. The van der Waals surface area contributed by atoms with Crippen LogP contribution in [0.5, 0.6) is 11.5 Å². The smallest absolute Gasteiger partial charge is 0.255 e. The van der Waals surface area contributed by atoms with Crippen LogP contribution in [0.25, 0.3) is 0 Å². The second-order valence-electron chi connectivity index (χ2n) is 7.44. The first-order chi connectivity index (χ1) is 15.6. The molecule has 1 aromatic heterocycles. The Kier molecular flexibility index (Phi) is 6.34. The van der Waals surface area contributed by atoms with Crippen molar-refractivity contribution in [1.82, 2.24) is 20.2 Å². The third-order valence-corrected chi connectivity index (χ3v) is 5.28. The van der Waals surface area contributed by atoms with Gasteiger partial charge in [-0.15, -0.1) is 0 Å². The number of tetrazole rings is 1. The number of hydrogen-bond donors (Lipinski definition) is 2. The lowest BCUT2D eigenvalue weighted by Crippen LogP contribution is -2.31. The number of para-hydroxylation sites is 2. The van der Waals surface area contributed by atoms with Crippen molar-refractivity contribution in [2.75, 3.05) is 24.4 Å². The molecule has 0 fully saturated rings. The fourth-order valence-electron chi connectivity index (χ4n) is 3.63. The minimum Gasteiger partial charge on any atom is -0.495 e. The van der Waals surface area contributed by atoms with Gasteiger partial charge in [-0.2, -0.15) is 4.68 Å². The van der Waals surface area contributed by atoms with E-state index in [0.29, 0.717) is 35.3 Å². The molecule has 166 valence electrons. The summed E-state index contributed by atoms with van der Waals surface area (Å²) in [5.41, 5.74) is 2.64. The summed E-state index contributed by atoms with van der Waals surface area (Å²) in [6.45, 7) is 4.63. The number of nitrogens with one attached hydrogen (secondary N) is 2. The maximum Gasteiger partial charge on any atom is 0.255 e. The van der Waals surface area contributed by atoms with E-state index < -0.39 is 6.04 Å². The lowest BCUT2D eigenvalue weighted by Gasteiger charge is -2.28. The Hall–Kier alpha value is -3.88. The molecule has 9 heteroatoms. The van der Waals surface area contributed by atoms with Crippen LogP contribution in [-0.2, 0) is 4.79 Å². The molecule has 4 rings (SSSR count). The first kappa shape index (κ1) is 21.4. The highest BCUT2D eigenvalue weighted by Gasteiger charge is 2.34. The molecule has 32 heavy (non-hydrogen) atoms. The SMILES string of the molecule is CCCCOc1ccc([C@@H]2C(C(=O)Nc3ccccc3OC)=C(C)Nc3nnnn32)cc1. The highest BCUT2D eigenvalue weighted by Crippen LogP contribution is 2.36. The van der Waals surface area contributed by atoms with Crippen LogP contribution >= 0.6 is 0 Å². The van der Waals surface area contributed by atoms with Crippen molar-refractivity contribution in [3.63, 3.8) is 0 Å². The first-order valence-electron chi connectivity index (χ1n) is 10.5. The number of carbonyl (C=O) groups excluding carboxylic acids is 1. The van der Waals surface area contributed by atoms with Crippen LogP contribution in [0.4, 0.5) is 11.6 Å². The van der Waals surface area contributed by atoms with E-state index in [1.165, 1.54) is 0 Å². The van der Waals surface area contributed by atoms with Gasteiger partial charge in [0.1, 0.15) is 17.5 Å². The number of anilines is 2. The van der Waals surface area contributed by atoms with E-state index in [1.54, 1.807) is 23.9 Å². The largest absolute Gasteiger partial charge is 0.495 e. The third-order valence-electron chi connectivity index (χ3n) is 5.28. The van der Waals surface area contributed by atoms with Gasteiger partial charge in [0.05, 0.1) is 25.0 Å². The number of rotatable bonds is 8. The van der Waals surface area contributed by atoms with E-state index >= 15 is 0 Å². The summed E-state index contributed by atoms with van der Waals surface area (Å²) in [6.07, 6.45) is 2.07. The number of amides is 1. The van der Waals surface area contributed by atoms with E-state index in [-0.39, 0.29) is 5.91 Å². The van der Waals surface area contributed by atoms with Gasteiger partial charge in [0.2, 0.25) is 5.95 Å². The number of allylic oxidation sites excluding steroid dienone is 1. The molecule has 2 aromatic carbocycles. The zero-order valence-electron chi connectivity index (χ0n) is 18.3. The number of nitrogens with zero attached hydrogens (tertiary/aromatic N) is 4. The Labute approximate surface area is 186 Å². The predicted molar refractivity (Wildman–Crippen MR) is 121 cm³/mol. The van der Waals surface area contributed by atoms with Crippen LogP contribution < -0.4 is 20.1 Å². The second-order valence-corrected chi connectivity index (χ2v) is 7.44. The van der Waals surface area contributed by atoms with Crippen molar-refractivity contribution in [3.8, 4) is 11.5 Å². The van der Waals surface area contributed by atoms with Gasteiger partial charge in [0.25, 0.3) is 5.91 Å². The molecule has 1 atom stereocenters. The van der Waals surface area contributed by atoms with Crippen molar-refractivity contribution in [2.45, 2.75) is 32.7 Å². The van der Waals surface area contributed by atoms with Crippen molar-refractivity contribution in [2.24, 2.45) is 0 Å². The third kappa shape index (κ3) is 4.27. The molecule has 2 N–H and O–H groups in total. The number of methoxy groups -OCH3 is 1. The monoisotopic (exact) mass is 434 g/mol. The molecule has 0 spiro atoms. The molecule has 1 aliphatic rings. The van der Waals surface area contributed by atoms with Crippen molar-refractivity contribution in [3.05, 3.63) is 65.4 Å². The van der Waals surface area contributed by atoms with Crippen LogP contribution in [0.2, 0.25) is 0 Å². The Morgan fingerprint density at radius 1 is 1.19 bits per heavy atom. The maximum absolute atomic E-state index is 13.4. The molecule has 3 aromatic rings. The Balaban J connectivity index is 1.66. The van der Waals surface area contributed by atoms with E-state index in [0.717, 1.165) is 24.2 Å². The number of aromatic nitrogens is 4. The van der Waals surface area contributed by atoms with Crippen molar-refractivity contribution >= 4 is 17.5 Å². The lowest BCUT2D eigenvalue weighted by molar-refractivity contribution is -0.113. The summed E-state index contributed by atoms with van der Waals surface area (Å²) in [6, 6.07) is 14.5. The standard InChI is InChI=1S/C23H26N6O3/c1-4-5-14-32-17-12-10-16(11-13-17)21-20(15(2)24-23-26-27-28-29(21)23)22(30)25-18-8-6-7-9-19(18)31-3/h6-13,21H,4-5,14H2,1-3H3,(H,25,30)(H,24,26,28)/t21-/m1/s1. The quantitative estimate of drug-likeness (QED) is 0.520. The number of ether oxygens (including phenoxy) is 2. The van der Waals surface area contributed by atoms with Crippen LogP contribution in [-0.4, -0.2) is 39.8 Å². The average molecular weight is 435 g/mol. The second kappa shape index (κ2) is 9.51. The molecule has 1 aliphatic heterocycles. The highest BCUT2D eigenvalue weighted by molar-refractivity contribution is 6.06. The van der Waals surface area contributed by atoms with Gasteiger partial charge in [-0.1, -0.05) is 42.7 Å². The number of unbranched alkanes of at least 4 members (excludes halogenated alkanes) is 1. The molecule has 9 nitrogen and oxygen atoms in total. The first-order valence-corrected chi connectivity index (χ1v) is 10.5. The van der Waals surface area contributed by atoms with Gasteiger partial charge in [-0.25, -0.2) is 0 Å². The number of benzene rings is 2. The van der Waals surface area contributed by atoms with E-state index in [1.807, 2.05) is 43.3 Å². The van der Waals surface area contributed by atoms with Gasteiger partial charge < -0.3 is 20.1 Å². The molecule has 0 unspecified atom stereocenters. The molecule has 2 heterocycles. The summed E-state index contributed by atoms with van der Waals surface area (Å²) in [7, 11) is 1.57. The molecule has 0 saturated heterocycles. The molecule has 0 bridgehead atoms. The Morgan fingerprint density at radius 2 is 1.97 bits per heavy atom. The van der Waals surface area contributed by atoms with Crippen LogP contribution in [0, 0.1) is 0 Å². The van der Waals surface area contributed by atoms with Crippen molar-refractivity contribution < 1.29 is 14.3 Å². The highest BCUT2D eigenvalue weighted by atomic mass is 16.5. The van der Waals surface area contributed by atoms with Crippen LogP contribution in [0.15, 0.2) is 59.8 Å². The summed E-state index contributed by atoms with van der Waals surface area (Å²) in [5.74, 6) is 1.57. The lowest BCUT2D eigenvalue weighted by atomic mass is 9.95. The average Bonchev–Trinajstić information content (AvgIpc) is 3.27. The van der Waals surface area contributed by atoms with Crippen LogP contribution in [0.1, 0.15) is 38.3 Å². The van der Waals surface area contributed by atoms with Crippen molar-refractivity contribution in [1.29, 1.82) is 0 Å². The van der Waals surface area contributed by atoms with Gasteiger partial charge in [0, 0.05) is 5.70 Å². The molecule has 0 radical (unpaired) electrons. The zero-order chi connectivity index (χ0) is 22.5. The van der Waals surface area contributed by atoms with Crippen LogP contribution in [0.3, 0.4) is 0 Å². The molecular weight excluding hydrogens is 408 g/mol. The summed E-state index contributed by atoms with van der Waals surface area (Å²) in [5, 5.41) is 18.0. The summed E-state index contributed by atoms with van der Waals surface area (Å²) < 4.78 is 12.8. The predicted octanol–water partition coefficient (Wildman–Crippen LogP) is 3.79. The zero-order valence-corrected chi connectivity index (χ0v) is 18.3. The topological polar surface area (TPSA) is 103 Å². The normalized spacial score (nSPS) is 15.0. The summed E-state index contributed by atoms with van der Waals surface area (Å²) in [4.78, 5) is 13.4. The maximum atomic E-state index is 13.4. The molecule has 0 aliphatic carbocycles. The van der Waals surface area contributed by atoms with Gasteiger partial charge >= 0.3 is 0 Å².